The molecule has 3 rings (SSSR count). The van der Waals surface area contributed by atoms with Gasteiger partial charge in [0.25, 0.3) is 5.91 Å². The molecule has 7 nitrogen and oxygen atoms in total. The lowest BCUT2D eigenvalue weighted by molar-refractivity contribution is 0.0952. The van der Waals surface area contributed by atoms with Gasteiger partial charge in [-0.15, -0.1) is 0 Å². The van der Waals surface area contributed by atoms with Crippen LogP contribution in [0.4, 0.5) is 0 Å². The van der Waals surface area contributed by atoms with Crippen LogP contribution in [-0.2, 0) is 0 Å². The Hall–Kier alpha value is -3.22. The van der Waals surface area contributed by atoms with Crippen LogP contribution in [0.15, 0.2) is 41.5 Å². The lowest BCUT2D eigenvalue weighted by Crippen LogP contribution is -2.17. The highest BCUT2D eigenvalue weighted by Crippen LogP contribution is 2.31. The van der Waals surface area contributed by atoms with Crippen molar-refractivity contribution in [3.63, 3.8) is 0 Å². The van der Waals surface area contributed by atoms with Crippen molar-refractivity contribution >= 4 is 12.1 Å². The Morgan fingerprint density at radius 2 is 1.95 bits per heavy atom. The van der Waals surface area contributed by atoms with Gasteiger partial charge in [0.1, 0.15) is 11.5 Å². The Labute approximate surface area is 125 Å². The minimum absolute atomic E-state index is 0.0668. The molecular formula is C15H12N2O5. The van der Waals surface area contributed by atoms with E-state index in [2.05, 4.69) is 10.5 Å². The number of nitrogens with one attached hydrogen (secondary N) is 1. The van der Waals surface area contributed by atoms with Crippen molar-refractivity contribution < 1.29 is 24.5 Å². The van der Waals surface area contributed by atoms with Gasteiger partial charge in [-0.1, -0.05) is 0 Å². The number of ether oxygens (including phenoxy) is 2. The van der Waals surface area contributed by atoms with E-state index >= 15 is 0 Å². The highest BCUT2D eigenvalue weighted by atomic mass is 16.7. The monoisotopic (exact) mass is 300 g/mol. The van der Waals surface area contributed by atoms with E-state index in [0.717, 1.165) is 6.07 Å². The first-order valence-electron chi connectivity index (χ1n) is 6.38. The van der Waals surface area contributed by atoms with Crippen molar-refractivity contribution in [2.75, 3.05) is 6.79 Å². The van der Waals surface area contributed by atoms with E-state index < -0.39 is 5.91 Å². The molecule has 0 radical (unpaired) electrons. The molecule has 22 heavy (non-hydrogen) atoms. The van der Waals surface area contributed by atoms with Crippen LogP contribution in [0.25, 0.3) is 0 Å². The maximum Gasteiger partial charge on any atom is 0.275 e. The molecule has 0 spiro atoms. The molecule has 0 fully saturated rings. The van der Waals surface area contributed by atoms with Gasteiger partial charge in [0.15, 0.2) is 11.5 Å². The van der Waals surface area contributed by atoms with Crippen molar-refractivity contribution in [1.82, 2.24) is 5.43 Å². The zero-order chi connectivity index (χ0) is 15.5. The van der Waals surface area contributed by atoms with E-state index in [9.17, 15) is 15.0 Å². The number of aromatic hydroxyl groups is 2. The third-order valence-corrected chi connectivity index (χ3v) is 3.00. The summed E-state index contributed by atoms with van der Waals surface area (Å²) in [6.45, 7) is 0.184. The fraction of sp³-hybridized carbons (Fsp3) is 0.0667. The minimum atomic E-state index is -0.634. The summed E-state index contributed by atoms with van der Waals surface area (Å²) in [5.41, 5.74) is 2.92. The van der Waals surface area contributed by atoms with Gasteiger partial charge in [0, 0.05) is 0 Å². The number of phenolic OH excluding ortho intramolecular Hbond substituents is 2. The summed E-state index contributed by atoms with van der Waals surface area (Å²) < 4.78 is 10.4. The first-order valence-corrected chi connectivity index (χ1v) is 6.38. The standard InChI is InChI=1S/C15H12N2O5/c18-10-2-3-12(19)11(6-10)15(20)17-16-7-9-1-4-13-14(5-9)22-8-21-13/h1-7,18-19H,8H2,(H,17,20)/b16-7+. The van der Waals surface area contributed by atoms with Crippen LogP contribution in [0.3, 0.4) is 0 Å². The van der Waals surface area contributed by atoms with Crippen LogP contribution in [0.5, 0.6) is 23.0 Å². The van der Waals surface area contributed by atoms with Gasteiger partial charge in [-0.3, -0.25) is 4.79 Å². The summed E-state index contributed by atoms with van der Waals surface area (Å²) >= 11 is 0. The highest BCUT2D eigenvalue weighted by Gasteiger charge is 2.13. The van der Waals surface area contributed by atoms with Gasteiger partial charge in [-0.25, -0.2) is 5.43 Å². The molecule has 1 heterocycles. The molecule has 1 aliphatic rings. The SMILES string of the molecule is O=C(N/N=C/c1ccc2c(c1)OCO2)c1cc(O)ccc1O. The Morgan fingerprint density at radius 3 is 2.82 bits per heavy atom. The molecule has 3 N–H and O–H groups in total. The lowest BCUT2D eigenvalue weighted by Gasteiger charge is -2.03. The summed E-state index contributed by atoms with van der Waals surface area (Å²) in [4.78, 5) is 11.9. The van der Waals surface area contributed by atoms with Crippen LogP contribution in [0, 0.1) is 0 Å². The molecule has 0 unspecified atom stereocenters. The predicted octanol–water partition coefficient (Wildman–Crippen LogP) is 1.59. The second-order valence-electron chi connectivity index (χ2n) is 4.51. The molecule has 1 amide bonds. The van der Waals surface area contributed by atoms with Crippen molar-refractivity contribution in [2.24, 2.45) is 5.10 Å². The molecule has 7 heteroatoms. The van der Waals surface area contributed by atoms with Crippen molar-refractivity contribution in [3.05, 3.63) is 47.5 Å². The minimum Gasteiger partial charge on any atom is -0.508 e. The van der Waals surface area contributed by atoms with Crippen molar-refractivity contribution in [1.29, 1.82) is 0 Å². The largest absolute Gasteiger partial charge is 0.508 e. The van der Waals surface area contributed by atoms with Gasteiger partial charge in [0.05, 0.1) is 11.8 Å². The average molecular weight is 300 g/mol. The smallest absolute Gasteiger partial charge is 0.275 e. The molecule has 2 aromatic carbocycles. The molecular weight excluding hydrogens is 288 g/mol. The fourth-order valence-electron chi connectivity index (χ4n) is 1.92. The van der Waals surface area contributed by atoms with Crippen LogP contribution in [-0.4, -0.2) is 29.1 Å². The Kier molecular flexibility index (Phi) is 3.53. The molecule has 0 aliphatic carbocycles. The topological polar surface area (TPSA) is 100 Å². The second-order valence-corrected chi connectivity index (χ2v) is 4.51. The predicted molar refractivity (Wildman–Crippen MR) is 77.4 cm³/mol. The van der Waals surface area contributed by atoms with Gasteiger partial charge in [0.2, 0.25) is 6.79 Å². The molecule has 1 aliphatic heterocycles. The number of fused-ring (bicyclic) bond motifs is 1. The summed E-state index contributed by atoms with van der Waals surface area (Å²) in [6.07, 6.45) is 1.43. The quantitative estimate of drug-likeness (QED) is 0.454. The Morgan fingerprint density at radius 1 is 1.14 bits per heavy atom. The molecule has 112 valence electrons. The van der Waals surface area contributed by atoms with E-state index in [4.69, 9.17) is 9.47 Å². The number of hydrogen-bond acceptors (Lipinski definition) is 6. The number of phenols is 2. The number of benzene rings is 2. The van der Waals surface area contributed by atoms with Crippen molar-refractivity contribution in [2.45, 2.75) is 0 Å². The normalized spacial score (nSPS) is 12.5. The van der Waals surface area contributed by atoms with E-state index in [1.54, 1.807) is 18.2 Å². The summed E-state index contributed by atoms with van der Waals surface area (Å²) in [5.74, 6) is 0.272. The number of nitrogens with zero attached hydrogens (tertiary/aromatic N) is 1. The summed E-state index contributed by atoms with van der Waals surface area (Å²) in [7, 11) is 0. The molecule has 0 saturated heterocycles. The Bertz CT molecular complexity index is 758. The lowest BCUT2D eigenvalue weighted by atomic mass is 10.2. The first kappa shape index (κ1) is 13.7. The molecule has 2 aromatic rings. The number of carbonyl (C=O) groups excluding carboxylic acids is 1. The zero-order valence-electron chi connectivity index (χ0n) is 11.3. The third-order valence-electron chi connectivity index (χ3n) is 3.00. The number of carbonyl (C=O) groups is 1. The van der Waals surface area contributed by atoms with E-state index in [1.807, 2.05) is 0 Å². The zero-order valence-corrected chi connectivity index (χ0v) is 11.3. The van der Waals surface area contributed by atoms with E-state index in [-0.39, 0.29) is 23.9 Å². The van der Waals surface area contributed by atoms with E-state index in [0.29, 0.717) is 17.1 Å². The van der Waals surface area contributed by atoms with Gasteiger partial charge in [-0.2, -0.15) is 5.10 Å². The molecule has 0 atom stereocenters. The highest BCUT2D eigenvalue weighted by molar-refractivity contribution is 5.97. The number of hydrazone groups is 1. The fourth-order valence-corrected chi connectivity index (χ4v) is 1.92. The van der Waals surface area contributed by atoms with Gasteiger partial charge in [-0.05, 0) is 42.0 Å². The summed E-state index contributed by atoms with van der Waals surface area (Å²) in [6, 6.07) is 8.89. The van der Waals surface area contributed by atoms with Crippen molar-refractivity contribution in [3.8, 4) is 23.0 Å². The maximum absolute atomic E-state index is 11.9. The summed E-state index contributed by atoms with van der Waals surface area (Å²) in [5, 5.41) is 22.7. The molecule has 0 saturated carbocycles. The Balaban J connectivity index is 1.69. The second kappa shape index (κ2) is 5.65. The third kappa shape index (κ3) is 2.78. The molecule has 0 aromatic heterocycles. The van der Waals surface area contributed by atoms with Crippen LogP contribution >= 0.6 is 0 Å². The average Bonchev–Trinajstić information content (AvgIpc) is 2.97. The molecule has 0 bridgehead atoms. The number of rotatable bonds is 3. The van der Waals surface area contributed by atoms with E-state index in [1.165, 1.54) is 18.3 Å². The van der Waals surface area contributed by atoms with Gasteiger partial charge < -0.3 is 19.7 Å². The number of amides is 1. The van der Waals surface area contributed by atoms with Crippen LogP contribution in [0.2, 0.25) is 0 Å². The van der Waals surface area contributed by atoms with Crippen LogP contribution < -0.4 is 14.9 Å². The first-order chi connectivity index (χ1) is 10.6. The maximum atomic E-state index is 11.9. The van der Waals surface area contributed by atoms with Gasteiger partial charge >= 0.3 is 0 Å². The number of hydrogen-bond donors (Lipinski definition) is 3. The van der Waals surface area contributed by atoms with Crippen LogP contribution in [0.1, 0.15) is 15.9 Å².